The van der Waals surface area contributed by atoms with E-state index in [1.54, 1.807) is 0 Å². The van der Waals surface area contributed by atoms with E-state index >= 15 is 0 Å². The Hall–Kier alpha value is -2.51. The van der Waals surface area contributed by atoms with E-state index in [0.717, 1.165) is 62.9 Å². The van der Waals surface area contributed by atoms with E-state index in [9.17, 15) is 14.5 Å². The van der Waals surface area contributed by atoms with Gasteiger partial charge in [-0.3, -0.25) is 10.1 Å². The number of rotatable bonds is 3. The second-order valence-electron chi connectivity index (χ2n) is 7.11. The molecule has 138 valence electrons. The van der Waals surface area contributed by atoms with Crippen molar-refractivity contribution >= 4 is 11.4 Å². The van der Waals surface area contributed by atoms with Gasteiger partial charge in [0, 0.05) is 32.0 Å². The van der Waals surface area contributed by atoms with Gasteiger partial charge in [0.05, 0.1) is 11.0 Å². The minimum atomic E-state index is -0.586. The first-order valence-corrected chi connectivity index (χ1v) is 9.24. The van der Waals surface area contributed by atoms with Gasteiger partial charge in [-0.25, -0.2) is 4.39 Å². The third-order valence-electron chi connectivity index (χ3n) is 5.40. The van der Waals surface area contributed by atoms with Gasteiger partial charge in [-0.05, 0) is 37.8 Å². The van der Waals surface area contributed by atoms with Crippen LogP contribution < -0.4 is 4.90 Å². The summed E-state index contributed by atoms with van der Waals surface area (Å²) in [6.07, 6.45) is 6.37. The summed E-state index contributed by atoms with van der Waals surface area (Å²) < 4.78 is 15.7. The van der Waals surface area contributed by atoms with E-state index in [4.69, 9.17) is 0 Å². The second-order valence-corrected chi connectivity index (χ2v) is 7.11. The molecule has 4 rings (SSSR count). The molecule has 1 aromatic heterocycles. The highest BCUT2D eigenvalue weighted by atomic mass is 19.1. The SMILES string of the molecule is O=[N+]([O-])c1cc(F)ccc1N1CCCC(c2nnc3n2CCCCC3)C1. The Kier molecular flexibility index (Phi) is 4.57. The number of hydrogen-bond acceptors (Lipinski definition) is 5. The van der Waals surface area contributed by atoms with Crippen molar-refractivity contribution in [1.29, 1.82) is 0 Å². The number of nitro groups is 1. The van der Waals surface area contributed by atoms with Gasteiger partial charge in [-0.2, -0.15) is 0 Å². The number of aryl methyl sites for hydroxylation is 1. The summed E-state index contributed by atoms with van der Waals surface area (Å²) in [7, 11) is 0. The van der Waals surface area contributed by atoms with Gasteiger partial charge >= 0.3 is 0 Å². The van der Waals surface area contributed by atoms with Crippen molar-refractivity contribution in [2.75, 3.05) is 18.0 Å². The third-order valence-corrected chi connectivity index (χ3v) is 5.40. The highest BCUT2D eigenvalue weighted by Crippen LogP contribution is 2.35. The predicted molar refractivity (Wildman–Crippen MR) is 94.8 cm³/mol. The molecular weight excluding hydrogens is 337 g/mol. The first-order valence-electron chi connectivity index (χ1n) is 9.24. The quantitative estimate of drug-likeness (QED) is 0.620. The topological polar surface area (TPSA) is 77.1 Å². The molecule has 2 aliphatic rings. The number of piperidine rings is 1. The maximum absolute atomic E-state index is 13.5. The molecule has 0 N–H and O–H groups in total. The minimum absolute atomic E-state index is 0.175. The predicted octanol–water partition coefficient (Wildman–Crippen LogP) is 3.44. The van der Waals surface area contributed by atoms with Gasteiger partial charge in [-0.15, -0.1) is 10.2 Å². The van der Waals surface area contributed by atoms with Crippen molar-refractivity contribution < 1.29 is 9.31 Å². The summed E-state index contributed by atoms with van der Waals surface area (Å²) >= 11 is 0. The number of benzene rings is 1. The van der Waals surface area contributed by atoms with Crippen LogP contribution in [0.5, 0.6) is 0 Å². The summed E-state index contributed by atoms with van der Waals surface area (Å²) in [5.74, 6) is 1.66. The van der Waals surface area contributed by atoms with Crippen LogP contribution >= 0.6 is 0 Å². The van der Waals surface area contributed by atoms with Crippen LogP contribution in [0.3, 0.4) is 0 Å². The van der Waals surface area contributed by atoms with Crippen LogP contribution in [0.15, 0.2) is 18.2 Å². The molecule has 3 heterocycles. The van der Waals surface area contributed by atoms with Crippen LogP contribution in [0.25, 0.3) is 0 Å². The molecular formula is C18H22FN5O2. The Morgan fingerprint density at radius 1 is 1.15 bits per heavy atom. The lowest BCUT2D eigenvalue weighted by atomic mass is 9.96. The molecule has 0 bridgehead atoms. The normalized spacial score (nSPS) is 20.5. The fourth-order valence-electron chi connectivity index (χ4n) is 4.13. The van der Waals surface area contributed by atoms with Crippen molar-refractivity contribution in [2.24, 2.45) is 0 Å². The summed E-state index contributed by atoms with van der Waals surface area (Å²) in [6.45, 7) is 2.32. The van der Waals surface area contributed by atoms with Gasteiger partial charge in [0.1, 0.15) is 23.2 Å². The monoisotopic (exact) mass is 359 g/mol. The van der Waals surface area contributed by atoms with E-state index in [2.05, 4.69) is 14.8 Å². The summed E-state index contributed by atoms with van der Waals surface area (Å²) in [6, 6.07) is 3.80. The molecule has 1 fully saturated rings. The van der Waals surface area contributed by atoms with E-state index in [1.165, 1.54) is 18.6 Å². The Bertz CT molecular complexity index is 822. The zero-order valence-electron chi connectivity index (χ0n) is 14.6. The molecule has 1 unspecified atom stereocenters. The molecule has 0 spiro atoms. The average Bonchev–Trinajstić information content (AvgIpc) is 2.90. The molecule has 0 radical (unpaired) electrons. The molecule has 1 atom stereocenters. The first-order chi connectivity index (χ1) is 12.6. The van der Waals surface area contributed by atoms with Gasteiger partial charge in [0.25, 0.3) is 5.69 Å². The summed E-state index contributed by atoms with van der Waals surface area (Å²) in [4.78, 5) is 12.8. The molecule has 0 saturated carbocycles. The zero-order chi connectivity index (χ0) is 18.1. The Labute approximate surface area is 151 Å². The van der Waals surface area contributed by atoms with Crippen molar-refractivity contribution in [3.05, 3.63) is 45.8 Å². The fourth-order valence-corrected chi connectivity index (χ4v) is 4.13. The van der Waals surface area contributed by atoms with Gasteiger partial charge in [-0.1, -0.05) is 6.42 Å². The fraction of sp³-hybridized carbons (Fsp3) is 0.556. The van der Waals surface area contributed by atoms with E-state index in [0.29, 0.717) is 12.2 Å². The average molecular weight is 359 g/mol. The highest BCUT2D eigenvalue weighted by molar-refractivity contribution is 5.63. The Morgan fingerprint density at radius 3 is 2.88 bits per heavy atom. The molecule has 26 heavy (non-hydrogen) atoms. The maximum Gasteiger partial charge on any atom is 0.295 e. The third kappa shape index (κ3) is 3.15. The van der Waals surface area contributed by atoms with E-state index in [-0.39, 0.29) is 11.6 Å². The number of nitro benzene ring substituents is 1. The largest absolute Gasteiger partial charge is 0.365 e. The maximum atomic E-state index is 13.5. The highest BCUT2D eigenvalue weighted by Gasteiger charge is 2.30. The lowest BCUT2D eigenvalue weighted by molar-refractivity contribution is -0.384. The molecule has 1 saturated heterocycles. The van der Waals surface area contributed by atoms with Crippen molar-refractivity contribution in [3.63, 3.8) is 0 Å². The standard InChI is InChI=1S/C18H22FN5O2/c19-14-7-8-15(16(11-14)24(25)26)22-9-4-5-13(12-22)18-21-20-17-6-2-1-3-10-23(17)18/h7-8,11,13H,1-6,9-10,12H2. The Morgan fingerprint density at radius 2 is 2.04 bits per heavy atom. The van der Waals surface area contributed by atoms with Crippen LogP contribution in [-0.4, -0.2) is 32.8 Å². The molecule has 1 aromatic carbocycles. The first kappa shape index (κ1) is 16.9. The lowest BCUT2D eigenvalue weighted by Crippen LogP contribution is -2.36. The van der Waals surface area contributed by atoms with Gasteiger partial charge in [0.2, 0.25) is 0 Å². The van der Waals surface area contributed by atoms with Gasteiger partial charge < -0.3 is 9.47 Å². The number of hydrogen-bond donors (Lipinski definition) is 0. The molecule has 0 aliphatic carbocycles. The molecule has 2 aromatic rings. The number of nitrogens with zero attached hydrogens (tertiary/aromatic N) is 5. The number of anilines is 1. The van der Waals surface area contributed by atoms with Crippen LogP contribution in [-0.2, 0) is 13.0 Å². The molecule has 0 amide bonds. The van der Waals surface area contributed by atoms with E-state index < -0.39 is 10.7 Å². The summed E-state index contributed by atoms with van der Waals surface area (Å²) in [5, 5.41) is 20.2. The van der Waals surface area contributed by atoms with Crippen molar-refractivity contribution in [3.8, 4) is 0 Å². The van der Waals surface area contributed by atoms with E-state index in [1.807, 2.05) is 4.90 Å². The summed E-state index contributed by atoms with van der Waals surface area (Å²) in [5.41, 5.74) is 0.308. The van der Waals surface area contributed by atoms with Crippen LogP contribution in [0, 0.1) is 15.9 Å². The zero-order valence-corrected chi connectivity index (χ0v) is 14.6. The molecule has 2 aliphatic heterocycles. The number of aromatic nitrogens is 3. The van der Waals surface area contributed by atoms with Crippen LogP contribution in [0.2, 0.25) is 0 Å². The number of halogens is 1. The lowest BCUT2D eigenvalue weighted by Gasteiger charge is -2.33. The Balaban J connectivity index is 1.61. The molecule has 7 nitrogen and oxygen atoms in total. The van der Waals surface area contributed by atoms with Crippen LogP contribution in [0.1, 0.15) is 49.7 Å². The van der Waals surface area contributed by atoms with Crippen LogP contribution in [0.4, 0.5) is 15.8 Å². The van der Waals surface area contributed by atoms with Crippen molar-refractivity contribution in [2.45, 2.75) is 51.0 Å². The molecule has 8 heteroatoms. The smallest absolute Gasteiger partial charge is 0.295 e. The second kappa shape index (κ2) is 7.01. The van der Waals surface area contributed by atoms with Crippen molar-refractivity contribution in [1.82, 2.24) is 14.8 Å². The number of fused-ring (bicyclic) bond motifs is 1. The van der Waals surface area contributed by atoms with Gasteiger partial charge in [0.15, 0.2) is 0 Å². The minimum Gasteiger partial charge on any atom is -0.365 e.